The number of rotatable bonds is 6. The summed E-state index contributed by atoms with van der Waals surface area (Å²) in [6.07, 6.45) is -7.20. The number of Topliss-reactive ketones (excluding diaryl/α,β-unsaturated/α-hetero) is 1. The number of nitrogens with one attached hydrogen (secondary N) is 1. The first-order valence-corrected chi connectivity index (χ1v) is 17.3. The summed E-state index contributed by atoms with van der Waals surface area (Å²) in [6.45, 7) is 14.6. The Morgan fingerprint density at radius 1 is 0.809 bits per heavy atom. The number of cyclic esters (lactones) is 1. The summed E-state index contributed by atoms with van der Waals surface area (Å²) in [4.78, 5) is 27.6. The first-order valence-electron chi connectivity index (χ1n) is 17.3. The van der Waals surface area contributed by atoms with Crippen LogP contribution in [0.2, 0.25) is 0 Å². The van der Waals surface area contributed by atoms with Gasteiger partial charge in [-0.15, -0.1) is 0 Å². The number of aliphatic hydroxyl groups is 3. The van der Waals surface area contributed by atoms with E-state index in [1.807, 2.05) is 20.8 Å². The van der Waals surface area contributed by atoms with Crippen molar-refractivity contribution < 1.29 is 58.1 Å². The van der Waals surface area contributed by atoms with Gasteiger partial charge in [0.25, 0.3) is 0 Å². The second-order valence-corrected chi connectivity index (χ2v) is 14.7. The number of likely N-dealkylation sites (N-methyl/N-ethyl adjacent to an activating group) is 1. The van der Waals surface area contributed by atoms with Crippen molar-refractivity contribution in [3.63, 3.8) is 0 Å². The number of carbonyl (C=O) groups excluding carboxylic acids is 2. The number of esters is 1. The van der Waals surface area contributed by atoms with Gasteiger partial charge in [-0.2, -0.15) is 0 Å². The van der Waals surface area contributed by atoms with Gasteiger partial charge < -0.3 is 53.8 Å². The molecule has 1 spiro atoms. The Hall–Kier alpha value is -1.26. The number of aliphatic hydroxyl groups excluding tert-OH is 3. The van der Waals surface area contributed by atoms with E-state index in [1.165, 1.54) is 7.11 Å². The lowest BCUT2D eigenvalue weighted by molar-refractivity contribution is -0.296. The molecule has 0 aromatic carbocycles. The molecule has 13 heteroatoms. The first kappa shape index (κ1) is 38.5. The van der Waals surface area contributed by atoms with E-state index in [2.05, 4.69) is 5.32 Å². The smallest absolute Gasteiger partial charge is 0.311 e. The van der Waals surface area contributed by atoms with Crippen molar-refractivity contribution in [2.75, 3.05) is 20.8 Å². The van der Waals surface area contributed by atoms with Gasteiger partial charge in [0.05, 0.1) is 49.1 Å². The van der Waals surface area contributed by atoms with Crippen LogP contribution in [-0.4, -0.2) is 127 Å². The summed E-state index contributed by atoms with van der Waals surface area (Å²) >= 11 is 0. The van der Waals surface area contributed by atoms with Gasteiger partial charge in [-0.05, 0) is 53.5 Å². The molecule has 4 N–H and O–H groups in total. The number of ketones is 1. The molecule has 0 unspecified atom stereocenters. The van der Waals surface area contributed by atoms with Crippen molar-refractivity contribution in [3.8, 4) is 0 Å². The zero-order valence-electron chi connectivity index (χ0n) is 29.7. The number of methoxy groups -OCH3 is 1. The van der Waals surface area contributed by atoms with E-state index < -0.39 is 96.7 Å². The van der Waals surface area contributed by atoms with Crippen LogP contribution in [0.1, 0.15) is 74.7 Å². The van der Waals surface area contributed by atoms with E-state index in [-0.39, 0.29) is 43.3 Å². The van der Waals surface area contributed by atoms with Gasteiger partial charge in [-0.1, -0.05) is 27.7 Å². The SMILES string of the molecule is CN[C@H]1C[C@@H](C)O[C@@H](O[C@@H]2[C@@H](C)[C@H](O[C@@H]3C[C@@H](OC)[C@H](O)[C@@H](C)O3)[C@@H](C)C(=O)O[C@H](C)[C@H](C)[C@H](O)[C@@H](C)C(=O)[C@]3(CO3)C[C@@H]2C)[C@@H]1O. The highest BCUT2D eigenvalue weighted by Crippen LogP contribution is 2.43. The molecule has 4 aliphatic rings. The van der Waals surface area contributed by atoms with E-state index in [0.29, 0.717) is 6.42 Å². The van der Waals surface area contributed by atoms with E-state index in [1.54, 1.807) is 41.7 Å². The summed E-state index contributed by atoms with van der Waals surface area (Å²) in [6, 6.07) is -0.270. The van der Waals surface area contributed by atoms with Crippen LogP contribution in [0.4, 0.5) is 0 Å². The number of hydrogen-bond donors (Lipinski definition) is 4. The largest absolute Gasteiger partial charge is 0.462 e. The van der Waals surface area contributed by atoms with Crippen molar-refractivity contribution in [1.29, 1.82) is 0 Å². The fourth-order valence-corrected chi connectivity index (χ4v) is 7.69. The molecule has 0 aromatic rings. The van der Waals surface area contributed by atoms with E-state index >= 15 is 0 Å². The fourth-order valence-electron chi connectivity index (χ4n) is 7.69. The van der Waals surface area contributed by atoms with Gasteiger partial charge in [0.15, 0.2) is 24.0 Å². The molecule has 0 saturated carbocycles. The van der Waals surface area contributed by atoms with Crippen LogP contribution in [-0.2, 0) is 42.7 Å². The minimum atomic E-state index is -1.09. The van der Waals surface area contributed by atoms with Gasteiger partial charge in [0, 0.05) is 37.3 Å². The number of carbonyl (C=O) groups is 2. The van der Waals surface area contributed by atoms with Crippen LogP contribution in [0.3, 0.4) is 0 Å². The molecule has 272 valence electrons. The van der Waals surface area contributed by atoms with Crippen LogP contribution in [0.5, 0.6) is 0 Å². The van der Waals surface area contributed by atoms with Crippen molar-refractivity contribution in [3.05, 3.63) is 0 Å². The molecule has 0 aliphatic carbocycles. The van der Waals surface area contributed by atoms with Crippen LogP contribution >= 0.6 is 0 Å². The van der Waals surface area contributed by atoms with Gasteiger partial charge >= 0.3 is 5.97 Å². The maximum absolute atomic E-state index is 13.8. The second-order valence-electron chi connectivity index (χ2n) is 14.7. The quantitative estimate of drug-likeness (QED) is 0.237. The zero-order chi connectivity index (χ0) is 35.0. The Bertz CT molecular complexity index is 1060. The Morgan fingerprint density at radius 2 is 1.47 bits per heavy atom. The molecule has 4 rings (SSSR count). The molecule has 0 bridgehead atoms. The van der Waals surface area contributed by atoms with Gasteiger partial charge in [0.1, 0.15) is 18.3 Å². The molecule has 18 atom stereocenters. The van der Waals surface area contributed by atoms with Gasteiger partial charge in [0.2, 0.25) is 0 Å². The molecule has 0 aromatic heterocycles. The van der Waals surface area contributed by atoms with E-state index in [0.717, 1.165) is 0 Å². The van der Waals surface area contributed by atoms with Crippen molar-refractivity contribution in [2.45, 2.75) is 154 Å². The molecule has 13 nitrogen and oxygen atoms in total. The number of epoxide rings is 1. The molecule has 0 amide bonds. The maximum Gasteiger partial charge on any atom is 0.311 e. The topological polar surface area (TPSA) is 175 Å². The summed E-state index contributed by atoms with van der Waals surface area (Å²) in [7, 11) is 3.29. The summed E-state index contributed by atoms with van der Waals surface area (Å²) < 4.78 is 42.8. The monoisotopic (exact) mass is 673 g/mol. The van der Waals surface area contributed by atoms with Crippen molar-refractivity contribution in [2.24, 2.45) is 29.6 Å². The Labute approximate surface area is 279 Å². The second kappa shape index (κ2) is 15.7. The molecule has 4 fully saturated rings. The fraction of sp³-hybridized carbons (Fsp3) is 0.941. The van der Waals surface area contributed by atoms with E-state index in [4.69, 9.17) is 33.2 Å². The van der Waals surface area contributed by atoms with Crippen molar-refractivity contribution in [1.82, 2.24) is 5.32 Å². The lowest BCUT2D eigenvalue weighted by Crippen LogP contribution is -2.57. The zero-order valence-corrected chi connectivity index (χ0v) is 29.7. The van der Waals surface area contributed by atoms with Gasteiger partial charge in [-0.25, -0.2) is 0 Å². The summed E-state index contributed by atoms with van der Waals surface area (Å²) in [5.41, 5.74) is -1.09. The first-order chi connectivity index (χ1) is 22.0. The van der Waals surface area contributed by atoms with Crippen LogP contribution in [0.25, 0.3) is 0 Å². The lowest BCUT2D eigenvalue weighted by Gasteiger charge is -2.45. The highest BCUT2D eigenvalue weighted by molar-refractivity contribution is 5.92. The minimum absolute atomic E-state index is 0.203. The molecule has 4 heterocycles. The lowest BCUT2D eigenvalue weighted by atomic mass is 9.76. The number of ether oxygens (including phenoxy) is 7. The molecule has 0 radical (unpaired) electrons. The standard InChI is InChI=1S/C34H59NO12/c1-15-13-34(14-42-34)31(39)18(4)26(36)17(3)21(7)45-32(40)20(6)30(46-25-12-24(41-10)27(37)22(8)44-25)19(5)29(15)47-33-28(38)23(35-9)11-16(2)43-33/h15-30,33,35-38H,11-14H2,1-10H3/t15-,16+,17-,18+,19+,20+,21+,22+,23-,24+,25+,26-,27+,28+,29-,30-,33-,34+/m0/s1. The Morgan fingerprint density at radius 3 is 2.06 bits per heavy atom. The third-order valence-corrected chi connectivity index (χ3v) is 11.1. The summed E-state index contributed by atoms with van der Waals surface area (Å²) in [5.74, 6) is -3.74. The average Bonchev–Trinajstić information content (AvgIpc) is 3.82. The van der Waals surface area contributed by atoms with E-state index in [9.17, 15) is 24.9 Å². The predicted molar refractivity (Wildman–Crippen MR) is 169 cm³/mol. The molecule has 4 aliphatic heterocycles. The maximum atomic E-state index is 13.8. The molecule has 4 saturated heterocycles. The third kappa shape index (κ3) is 8.38. The Kier molecular flexibility index (Phi) is 12.9. The average molecular weight is 674 g/mol. The molecular formula is C34H59NO12. The van der Waals surface area contributed by atoms with Crippen LogP contribution < -0.4 is 5.32 Å². The van der Waals surface area contributed by atoms with Crippen molar-refractivity contribution >= 4 is 11.8 Å². The number of hydrogen-bond acceptors (Lipinski definition) is 13. The Balaban J connectivity index is 1.74. The highest BCUT2D eigenvalue weighted by Gasteiger charge is 2.57. The minimum Gasteiger partial charge on any atom is -0.462 e. The normalized spacial score (nSPS) is 50.5. The molecular weight excluding hydrogens is 614 g/mol. The van der Waals surface area contributed by atoms with Gasteiger partial charge in [-0.3, -0.25) is 9.59 Å². The summed E-state index contributed by atoms with van der Waals surface area (Å²) in [5, 5.41) is 36.2. The predicted octanol–water partition coefficient (Wildman–Crippen LogP) is 1.57. The molecule has 47 heavy (non-hydrogen) atoms. The van der Waals surface area contributed by atoms with Crippen LogP contribution in [0, 0.1) is 29.6 Å². The third-order valence-electron chi connectivity index (χ3n) is 11.1. The van der Waals surface area contributed by atoms with Crippen LogP contribution in [0.15, 0.2) is 0 Å². The highest BCUT2D eigenvalue weighted by atomic mass is 16.7.